The van der Waals surface area contributed by atoms with Gasteiger partial charge in [-0.2, -0.15) is 0 Å². The summed E-state index contributed by atoms with van der Waals surface area (Å²) in [6, 6.07) is 14.6. The van der Waals surface area contributed by atoms with Crippen molar-refractivity contribution < 1.29 is 28.7 Å². The maximum atomic E-state index is 13.5. The lowest BCUT2D eigenvalue weighted by Crippen LogP contribution is -2.49. The Morgan fingerprint density at radius 3 is 2.58 bits per heavy atom. The number of aldehydes is 2. The summed E-state index contributed by atoms with van der Waals surface area (Å²) in [7, 11) is 0. The summed E-state index contributed by atoms with van der Waals surface area (Å²) in [4.78, 5) is 64.8. The number of esters is 1. The number of unbranched alkanes of at least 4 members (excludes halogenated alkanes) is 2. The molecule has 3 atom stereocenters. The average molecular weight is 549 g/mol. The fraction of sp³-hybridized carbons (Fsp3) is 0.433. The number of anilines is 1. The van der Waals surface area contributed by atoms with E-state index in [0.29, 0.717) is 30.4 Å². The summed E-state index contributed by atoms with van der Waals surface area (Å²) in [5, 5.41) is 5.64. The highest BCUT2D eigenvalue weighted by atomic mass is 16.5. The maximum Gasteiger partial charge on any atom is 0.329 e. The third-order valence-electron chi connectivity index (χ3n) is 7.87. The molecular weight excluding hydrogens is 512 g/mol. The van der Waals surface area contributed by atoms with Crippen LogP contribution in [0.1, 0.15) is 54.1 Å². The quantitative estimate of drug-likeness (QED) is 0.139. The number of nitrogens with zero attached hydrogens (tertiary/aromatic N) is 1. The van der Waals surface area contributed by atoms with Crippen molar-refractivity contribution in [2.24, 2.45) is 11.7 Å². The van der Waals surface area contributed by atoms with E-state index in [1.54, 1.807) is 19.1 Å². The summed E-state index contributed by atoms with van der Waals surface area (Å²) in [5.74, 6) is -2.04. The predicted molar refractivity (Wildman–Crippen MR) is 148 cm³/mol. The van der Waals surface area contributed by atoms with Gasteiger partial charge >= 0.3 is 5.97 Å². The van der Waals surface area contributed by atoms with Crippen LogP contribution in [0.25, 0.3) is 0 Å². The van der Waals surface area contributed by atoms with Crippen LogP contribution in [0, 0.1) is 5.92 Å². The van der Waals surface area contributed by atoms with Crippen LogP contribution < -0.4 is 21.3 Å². The van der Waals surface area contributed by atoms with E-state index < -0.39 is 23.0 Å². The third kappa shape index (κ3) is 5.68. The Balaban J connectivity index is 1.60. The highest BCUT2D eigenvalue weighted by Crippen LogP contribution is 2.47. The van der Waals surface area contributed by atoms with E-state index in [9.17, 15) is 24.0 Å². The fourth-order valence-electron chi connectivity index (χ4n) is 5.57. The minimum absolute atomic E-state index is 0.0101. The van der Waals surface area contributed by atoms with Crippen LogP contribution in [0.3, 0.4) is 0 Å². The Morgan fingerprint density at radius 2 is 1.88 bits per heavy atom. The van der Waals surface area contributed by atoms with Gasteiger partial charge in [0.2, 0.25) is 5.91 Å². The Kier molecular flexibility index (Phi) is 9.11. The normalized spacial score (nSPS) is 22.5. The summed E-state index contributed by atoms with van der Waals surface area (Å²) in [5.41, 5.74) is 5.17. The van der Waals surface area contributed by atoms with Crippen LogP contribution in [-0.4, -0.2) is 61.1 Å². The predicted octanol–water partition coefficient (Wildman–Crippen LogP) is 1.68. The number of fused-ring (bicyclic) bond motifs is 1. The first-order chi connectivity index (χ1) is 19.3. The van der Waals surface area contributed by atoms with Gasteiger partial charge in [-0.05, 0) is 49.1 Å². The molecule has 0 aromatic heterocycles. The molecule has 2 aliphatic heterocycles. The van der Waals surface area contributed by atoms with Crippen molar-refractivity contribution in [3.63, 3.8) is 0 Å². The third-order valence-corrected chi connectivity index (χ3v) is 7.87. The van der Waals surface area contributed by atoms with Crippen molar-refractivity contribution >= 4 is 36.0 Å². The maximum absolute atomic E-state index is 13.5. The van der Waals surface area contributed by atoms with Gasteiger partial charge in [0.15, 0.2) is 0 Å². The lowest BCUT2D eigenvalue weighted by Gasteiger charge is -2.30. The summed E-state index contributed by atoms with van der Waals surface area (Å²) in [6.45, 7) is 2.16. The molecule has 0 aliphatic carbocycles. The van der Waals surface area contributed by atoms with Crippen molar-refractivity contribution in [3.05, 3.63) is 65.2 Å². The number of ether oxygens (including phenoxy) is 1. The van der Waals surface area contributed by atoms with Crippen LogP contribution in [0.15, 0.2) is 48.5 Å². The van der Waals surface area contributed by atoms with Gasteiger partial charge in [0.1, 0.15) is 30.3 Å². The Morgan fingerprint density at radius 1 is 1.10 bits per heavy atom. The van der Waals surface area contributed by atoms with E-state index in [4.69, 9.17) is 10.5 Å². The standard InChI is InChI=1S/C30H36N4O6/c1-21(30(29(20-36,33-30)13-15-35)28(39)40-19-23-9-4-2-5-10-23)18-34-25-12-11-22(8-6-3-7-14-31)16-24(25)27(38)32-17-26(34)37/h2,4-5,9-12,15-16,20-21,33H,3,6-8,13-14,17-19,31H2,1H3,(H,32,38)/t21?,29?,30-/m0/s1. The second kappa shape index (κ2) is 12.5. The van der Waals surface area contributed by atoms with E-state index in [1.165, 1.54) is 4.90 Å². The number of carbonyl (C=O) groups is 5. The van der Waals surface area contributed by atoms with Gasteiger partial charge in [0, 0.05) is 18.9 Å². The van der Waals surface area contributed by atoms with Gasteiger partial charge in [-0.15, -0.1) is 0 Å². The molecule has 10 heteroatoms. The van der Waals surface area contributed by atoms with Crippen LogP contribution in [0.2, 0.25) is 0 Å². The van der Waals surface area contributed by atoms with E-state index in [2.05, 4.69) is 10.6 Å². The number of hydrogen-bond acceptors (Lipinski definition) is 8. The molecular formula is C30H36N4O6. The molecule has 2 aliphatic rings. The summed E-state index contributed by atoms with van der Waals surface area (Å²) < 4.78 is 5.62. The van der Waals surface area contributed by atoms with E-state index in [1.807, 2.05) is 36.4 Å². The first-order valence-electron chi connectivity index (χ1n) is 13.6. The second-order valence-electron chi connectivity index (χ2n) is 10.5. The van der Waals surface area contributed by atoms with E-state index in [0.717, 1.165) is 36.8 Å². The lowest BCUT2D eigenvalue weighted by atomic mass is 9.81. The largest absolute Gasteiger partial charge is 0.459 e. The molecule has 0 bridgehead atoms. The van der Waals surface area contributed by atoms with Gasteiger partial charge in [0.05, 0.1) is 17.8 Å². The molecule has 0 saturated carbocycles. The van der Waals surface area contributed by atoms with Gasteiger partial charge in [-0.1, -0.05) is 49.7 Å². The van der Waals surface area contributed by atoms with Crippen molar-refractivity contribution in [2.75, 3.05) is 24.5 Å². The Bertz CT molecular complexity index is 1270. The zero-order valence-corrected chi connectivity index (χ0v) is 22.7. The zero-order chi connectivity index (χ0) is 28.8. The Hall–Kier alpha value is -3.89. The van der Waals surface area contributed by atoms with Gasteiger partial charge in [-0.25, -0.2) is 4.79 Å². The molecule has 2 amide bonds. The molecule has 0 radical (unpaired) electrons. The minimum atomic E-state index is -1.52. The number of benzene rings is 2. The molecule has 1 fully saturated rings. The van der Waals surface area contributed by atoms with Crippen molar-refractivity contribution in [1.29, 1.82) is 0 Å². The first-order valence-corrected chi connectivity index (χ1v) is 13.6. The highest BCUT2D eigenvalue weighted by molar-refractivity contribution is 6.10. The van der Waals surface area contributed by atoms with E-state index in [-0.39, 0.29) is 37.9 Å². The summed E-state index contributed by atoms with van der Waals surface area (Å²) in [6.07, 6.45) is 4.56. The molecule has 1 saturated heterocycles. The number of aryl methyl sites for hydroxylation is 1. The molecule has 40 heavy (non-hydrogen) atoms. The SMILES string of the molecule is CC(CN1C(=O)CNC(=O)c2cc(CCCCCN)ccc21)[C@@]1(C(=O)OCc2ccccc2)NC1(C=O)CC=O. The molecule has 212 valence electrons. The molecule has 4 N–H and O–H groups in total. The minimum Gasteiger partial charge on any atom is -0.459 e. The average Bonchev–Trinajstić information content (AvgIpc) is 3.67. The fourth-order valence-corrected chi connectivity index (χ4v) is 5.57. The van der Waals surface area contributed by atoms with Gasteiger partial charge in [0.25, 0.3) is 5.91 Å². The molecule has 2 unspecified atom stereocenters. The zero-order valence-electron chi connectivity index (χ0n) is 22.7. The lowest BCUT2D eigenvalue weighted by molar-refractivity contribution is -0.150. The van der Waals surface area contributed by atoms with Crippen LogP contribution >= 0.6 is 0 Å². The molecule has 10 nitrogen and oxygen atoms in total. The smallest absolute Gasteiger partial charge is 0.329 e. The van der Waals surface area contributed by atoms with E-state index >= 15 is 0 Å². The van der Waals surface area contributed by atoms with Crippen molar-refractivity contribution in [1.82, 2.24) is 10.6 Å². The molecule has 4 rings (SSSR count). The van der Waals surface area contributed by atoms with Crippen molar-refractivity contribution in [2.45, 2.75) is 56.7 Å². The summed E-state index contributed by atoms with van der Waals surface area (Å²) >= 11 is 0. The van der Waals surface area contributed by atoms with Crippen molar-refractivity contribution in [3.8, 4) is 0 Å². The molecule has 2 aromatic carbocycles. The first kappa shape index (κ1) is 29.1. The number of rotatable bonds is 14. The van der Waals surface area contributed by atoms with Crippen LogP contribution in [0.5, 0.6) is 0 Å². The second-order valence-corrected chi connectivity index (χ2v) is 10.5. The topological polar surface area (TPSA) is 158 Å². The Labute approximate surface area is 233 Å². The monoisotopic (exact) mass is 548 g/mol. The van der Waals surface area contributed by atoms with Gasteiger partial charge < -0.3 is 30.3 Å². The van der Waals surface area contributed by atoms with Gasteiger partial charge in [-0.3, -0.25) is 14.9 Å². The molecule has 2 aromatic rings. The number of nitrogens with one attached hydrogen (secondary N) is 2. The van der Waals surface area contributed by atoms with Crippen LogP contribution in [0.4, 0.5) is 5.69 Å². The molecule has 0 spiro atoms. The number of carbonyl (C=O) groups excluding carboxylic acids is 5. The van der Waals surface area contributed by atoms with Crippen LogP contribution in [-0.2, 0) is 36.9 Å². The number of amides is 2. The number of hydrogen-bond donors (Lipinski definition) is 3. The number of nitrogens with two attached hydrogens (primary N) is 1. The molecule has 2 heterocycles. The highest BCUT2D eigenvalue weighted by Gasteiger charge is 2.75.